The molecule has 0 aliphatic rings. The molecular formula is C42H31Br2N. The standard InChI is InChI=1S/C42H31Br2N/c43-37-25-21-35(22-26-37)42(36-23-27-38(44)28-24-36)31-45(39-16-8-3-9-17-39)40-29-19-32(20-30-40)11-10-18-41(33-12-4-1-5-13-33)34-14-6-2-7-15-34/h1-31H/b11-10+. The summed E-state index contributed by atoms with van der Waals surface area (Å²) in [7, 11) is 0. The summed E-state index contributed by atoms with van der Waals surface area (Å²) in [5.74, 6) is 0. The normalized spacial score (nSPS) is 10.8. The highest BCUT2D eigenvalue weighted by Crippen LogP contribution is 2.33. The van der Waals surface area contributed by atoms with Crippen molar-refractivity contribution in [3.8, 4) is 0 Å². The van der Waals surface area contributed by atoms with Gasteiger partial charge in [-0.25, -0.2) is 0 Å². The second-order valence-electron chi connectivity index (χ2n) is 10.5. The summed E-state index contributed by atoms with van der Waals surface area (Å²) in [5, 5.41) is 0. The highest BCUT2D eigenvalue weighted by molar-refractivity contribution is 9.10. The summed E-state index contributed by atoms with van der Waals surface area (Å²) in [6.07, 6.45) is 8.73. The second kappa shape index (κ2) is 14.9. The lowest BCUT2D eigenvalue weighted by Crippen LogP contribution is -2.10. The van der Waals surface area contributed by atoms with E-state index >= 15 is 0 Å². The van der Waals surface area contributed by atoms with Crippen molar-refractivity contribution in [1.82, 2.24) is 0 Å². The molecule has 0 atom stereocenters. The van der Waals surface area contributed by atoms with Crippen LogP contribution in [0.2, 0.25) is 0 Å². The molecule has 0 radical (unpaired) electrons. The Kier molecular flexibility index (Phi) is 10.0. The highest BCUT2D eigenvalue weighted by Gasteiger charge is 2.12. The Balaban J connectivity index is 1.35. The first-order valence-corrected chi connectivity index (χ1v) is 16.4. The maximum atomic E-state index is 3.60. The van der Waals surface area contributed by atoms with Crippen molar-refractivity contribution in [3.63, 3.8) is 0 Å². The quantitative estimate of drug-likeness (QED) is 0.135. The molecule has 6 aromatic rings. The third kappa shape index (κ3) is 7.88. The van der Waals surface area contributed by atoms with Crippen LogP contribution in [0.5, 0.6) is 0 Å². The Labute approximate surface area is 282 Å². The number of para-hydroxylation sites is 1. The van der Waals surface area contributed by atoms with Gasteiger partial charge in [0.05, 0.1) is 0 Å². The fraction of sp³-hybridized carbons (Fsp3) is 0. The first-order chi connectivity index (χ1) is 22.1. The second-order valence-corrected chi connectivity index (χ2v) is 12.4. The molecule has 3 heteroatoms. The van der Waals surface area contributed by atoms with Crippen LogP contribution >= 0.6 is 31.9 Å². The van der Waals surface area contributed by atoms with Crippen LogP contribution in [-0.4, -0.2) is 0 Å². The van der Waals surface area contributed by atoms with Crippen molar-refractivity contribution < 1.29 is 0 Å². The third-order valence-corrected chi connectivity index (χ3v) is 8.55. The Hall–Kier alpha value is -4.70. The molecule has 6 aromatic carbocycles. The van der Waals surface area contributed by atoms with Gasteiger partial charge in [0.1, 0.15) is 0 Å². The number of halogens is 2. The van der Waals surface area contributed by atoms with Gasteiger partial charge in [-0.15, -0.1) is 0 Å². The Morgan fingerprint density at radius 1 is 0.422 bits per heavy atom. The molecule has 0 aliphatic carbocycles. The minimum atomic E-state index is 1.06. The molecule has 0 fully saturated rings. The van der Waals surface area contributed by atoms with Gasteiger partial charge in [-0.3, -0.25) is 0 Å². The largest absolute Gasteiger partial charge is 0.317 e. The van der Waals surface area contributed by atoms with Crippen molar-refractivity contribution in [3.05, 3.63) is 219 Å². The van der Waals surface area contributed by atoms with E-state index in [9.17, 15) is 0 Å². The van der Waals surface area contributed by atoms with Gasteiger partial charge in [-0.2, -0.15) is 0 Å². The molecule has 0 saturated carbocycles. The number of allylic oxidation sites excluding steroid dienone is 2. The van der Waals surface area contributed by atoms with Crippen molar-refractivity contribution >= 4 is 60.5 Å². The minimum absolute atomic E-state index is 1.06. The van der Waals surface area contributed by atoms with Gasteiger partial charge in [0, 0.05) is 32.1 Å². The predicted molar refractivity (Wildman–Crippen MR) is 199 cm³/mol. The van der Waals surface area contributed by atoms with E-state index in [0.717, 1.165) is 42.6 Å². The van der Waals surface area contributed by atoms with Gasteiger partial charge >= 0.3 is 0 Å². The average Bonchev–Trinajstić information content (AvgIpc) is 3.10. The Morgan fingerprint density at radius 3 is 1.33 bits per heavy atom. The monoisotopic (exact) mass is 707 g/mol. The first kappa shape index (κ1) is 30.3. The summed E-state index contributed by atoms with van der Waals surface area (Å²) in [6.45, 7) is 0. The number of anilines is 2. The molecular weight excluding hydrogens is 678 g/mol. The fourth-order valence-corrected chi connectivity index (χ4v) is 5.72. The first-order valence-electron chi connectivity index (χ1n) is 14.8. The van der Waals surface area contributed by atoms with E-state index in [1.54, 1.807) is 0 Å². The highest BCUT2D eigenvalue weighted by atomic mass is 79.9. The molecule has 0 aromatic heterocycles. The van der Waals surface area contributed by atoms with Crippen LogP contribution in [0.25, 0.3) is 17.2 Å². The van der Waals surface area contributed by atoms with Crippen LogP contribution in [0.15, 0.2) is 191 Å². The smallest absolute Gasteiger partial charge is 0.0456 e. The number of rotatable bonds is 9. The van der Waals surface area contributed by atoms with Gasteiger partial charge in [0.15, 0.2) is 0 Å². The zero-order chi connectivity index (χ0) is 30.8. The summed E-state index contributed by atoms with van der Waals surface area (Å²) < 4.78 is 2.11. The summed E-state index contributed by atoms with van der Waals surface area (Å²) in [5.41, 5.74) is 10.3. The van der Waals surface area contributed by atoms with Crippen LogP contribution in [-0.2, 0) is 0 Å². The van der Waals surface area contributed by atoms with Gasteiger partial charge in [-0.1, -0.05) is 165 Å². The molecule has 0 heterocycles. The molecule has 0 amide bonds. The van der Waals surface area contributed by atoms with Crippen molar-refractivity contribution in [2.45, 2.75) is 0 Å². The van der Waals surface area contributed by atoms with Gasteiger partial charge in [-0.05, 0) is 81.9 Å². The molecule has 0 bridgehead atoms. The van der Waals surface area contributed by atoms with E-state index in [-0.39, 0.29) is 0 Å². The fourth-order valence-electron chi connectivity index (χ4n) is 5.19. The van der Waals surface area contributed by atoms with Crippen LogP contribution in [0.1, 0.15) is 27.8 Å². The Bertz CT molecular complexity index is 1820. The van der Waals surface area contributed by atoms with E-state index < -0.39 is 0 Å². The molecule has 45 heavy (non-hydrogen) atoms. The molecule has 6 rings (SSSR count). The van der Waals surface area contributed by atoms with E-state index in [4.69, 9.17) is 0 Å². The lowest BCUT2D eigenvalue weighted by Gasteiger charge is -2.23. The molecule has 0 saturated heterocycles. The summed E-state index contributed by atoms with van der Waals surface area (Å²) in [6, 6.07) is 57.3. The molecule has 0 aliphatic heterocycles. The molecule has 0 N–H and O–H groups in total. The van der Waals surface area contributed by atoms with Crippen LogP contribution in [0.4, 0.5) is 11.4 Å². The maximum absolute atomic E-state index is 3.60. The molecule has 0 spiro atoms. The summed E-state index contributed by atoms with van der Waals surface area (Å²) >= 11 is 7.19. The lowest BCUT2D eigenvalue weighted by atomic mass is 9.97. The van der Waals surface area contributed by atoms with Gasteiger partial charge in [0.2, 0.25) is 0 Å². The molecule has 1 nitrogen and oxygen atoms in total. The SMILES string of the molecule is Brc1ccc(C(=CN(c2ccccc2)c2ccc(/C=C/C=C(c3ccccc3)c3ccccc3)cc2)c2ccc(Br)cc2)cc1. The zero-order valence-electron chi connectivity index (χ0n) is 24.6. The lowest BCUT2D eigenvalue weighted by molar-refractivity contribution is 1.28. The van der Waals surface area contributed by atoms with Crippen molar-refractivity contribution in [2.24, 2.45) is 0 Å². The number of nitrogens with zero attached hydrogens (tertiary/aromatic N) is 1. The van der Waals surface area contributed by atoms with E-state index in [2.05, 4.69) is 225 Å². The Morgan fingerprint density at radius 2 is 0.844 bits per heavy atom. The molecule has 0 unspecified atom stereocenters. The average molecular weight is 710 g/mol. The zero-order valence-corrected chi connectivity index (χ0v) is 27.8. The van der Waals surface area contributed by atoms with Gasteiger partial charge < -0.3 is 4.90 Å². The number of hydrogen-bond donors (Lipinski definition) is 0. The third-order valence-electron chi connectivity index (χ3n) is 7.50. The van der Waals surface area contributed by atoms with Gasteiger partial charge in [0.25, 0.3) is 0 Å². The number of benzene rings is 6. The van der Waals surface area contributed by atoms with E-state index in [1.165, 1.54) is 16.7 Å². The predicted octanol–water partition coefficient (Wildman–Crippen LogP) is 12.6. The van der Waals surface area contributed by atoms with Crippen LogP contribution in [0, 0.1) is 0 Å². The molecule has 218 valence electrons. The maximum Gasteiger partial charge on any atom is 0.0456 e. The number of hydrogen-bond acceptors (Lipinski definition) is 1. The van der Waals surface area contributed by atoms with E-state index in [0.29, 0.717) is 0 Å². The van der Waals surface area contributed by atoms with Crippen molar-refractivity contribution in [1.29, 1.82) is 0 Å². The van der Waals surface area contributed by atoms with E-state index in [1.807, 2.05) is 0 Å². The van der Waals surface area contributed by atoms with Crippen molar-refractivity contribution in [2.75, 3.05) is 4.90 Å². The minimum Gasteiger partial charge on any atom is -0.317 e. The van der Waals surface area contributed by atoms with Crippen LogP contribution < -0.4 is 4.90 Å². The summed E-state index contributed by atoms with van der Waals surface area (Å²) in [4.78, 5) is 2.26. The van der Waals surface area contributed by atoms with Crippen LogP contribution in [0.3, 0.4) is 0 Å². The topological polar surface area (TPSA) is 3.24 Å².